The molecule has 0 aliphatic heterocycles. The van der Waals surface area contributed by atoms with Gasteiger partial charge in [0.05, 0.1) is 22.2 Å². The lowest BCUT2D eigenvalue weighted by Crippen LogP contribution is -2.14. The average molecular weight is 375 g/mol. The minimum Gasteiger partial charge on any atom is -0.298 e. The first-order valence-corrected chi connectivity index (χ1v) is 10.2. The van der Waals surface area contributed by atoms with Crippen molar-refractivity contribution in [3.05, 3.63) is 53.1 Å². The number of nitrogens with zero attached hydrogens (tertiary/aromatic N) is 1. The highest BCUT2D eigenvalue weighted by Gasteiger charge is 2.13. The van der Waals surface area contributed by atoms with Crippen LogP contribution in [0.25, 0.3) is 10.2 Å². The van der Waals surface area contributed by atoms with Crippen LogP contribution in [-0.4, -0.2) is 25.6 Å². The number of sulfonamides is 1. The van der Waals surface area contributed by atoms with Gasteiger partial charge >= 0.3 is 0 Å². The molecule has 0 saturated carbocycles. The number of aryl methyl sites for hydroxylation is 2. The minimum absolute atomic E-state index is 0.340. The van der Waals surface area contributed by atoms with Gasteiger partial charge in [0, 0.05) is 5.56 Å². The van der Waals surface area contributed by atoms with E-state index in [0.29, 0.717) is 16.4 Å². The number of hydrogen-bond acceptors (Lipinski definition) is 5. The van der Waals surface area contributed by atoms with Crippen molar-refractivity contribution in [3.63, 3.8) is 0 Å². The Labute approximate surface area is 150 Å². The highest BCUT2D eigenvalue weighted by Crippen LogP contribution is 2.27. The van der Waals surface area contributed by atoms with Crippen molar-refractivity contribution in [2.75, 3.05) is 16.3 Å². The topological polar surface area (TPSA) is 88.2 Å². The van der Waals surface area contributed by atoms with Crippen molar-refractivity contribution in [1.82, 2.24) is 4.98 Å². The normalized spacial score (nSPS) is 11.5. The molecule has 0 bridgehead atoms. The van der Waals surface area contributed by atoms with Crippen LogP contribution in [-0.2, 0) is 10.0 Å². The van der Waals surface area contributed by atoms with E-state index in [4.69, 9.17) is 0 Å². The maximum atomic E-state index is 12.5. The molecule has 130 valence electrons. The van der Waals surface area contributed by atoms with Crippen LogP contribution >= 0.6 is 11.3 Å². The van der Waals surface area contributed by atoms with Crippen LogP contribution < -0.4 is 10.0 Å². The number of hydrogen-bond donors (Lipinski definition) is 2. The van der Waals surface area contributed by atoms with Crippen LogP contribution in [0.4, 0.5) is 10.8 Å². The second kappa shape index (κ2) is 6.45. The first kappa shape index (κ1) is 17.4. The van der Waals surface area contributed by atoms with Gasteiger partial charge in [0.2, 0.25) is 10.0 Å². The molecule has 2 aromatic carbocycles. The van der Waals surface area contributed by atoms with Gasteiger partial charge in [-0.15, -0.1) is 0 Å². The van der Waals surface area contributed by atoms with Gasteiger partial charge in [0.25, 0.3) is 5.91 Å². The Morgan fingerprint density at radius 1 is 1.12 bits per heavy atom. The number of amides is 1. The number of anilines is 2. The van der Waals surface area contributed by atoms with E-state index in [2.05, 4.69) is 15.0 Å². The molecule has 8 heteroatoms. The molecule has 3 rings (SSSR count). The number of fused-ring (bicyclic) bond motifs is 1. The molecule has 0 atom stereocenters. The highest BCUT2D eigenvalue weighted by atomic mass is 32.2. The second-order valence-corrected chi connectivity index (χ2v) is 8.63. The minimum atomic E-state index is -3.41. The number of aromatic nitrogens is 1. The van der Waals surface area contributed by atoms with Crippen molar-refractivity contribution in [1.29, 1.82) is 0 Å². The van der Waals surface area contributed by atoms with Gasteiger partial charge < -0.3 is 0 Å². The van der Waals surface area contributed by atoms with E-state index in [-0.39, 0.29) is 5.91 Å². The van der Waals surface area contributed by atoms with E-state index >= 15 is 0 Å². The van der Waals surface area contributed by atoms with E-state index in [1.807, 2.05) is 25.1 Å². The van der Waals surface area contributed by atoms with Gasteiger partial charge in [-0.1, -0.05) is 23.5 Å². The monoisotopic (exact) mass is 375 g/mol. The molecule has 1 aromatic heterocycles. The third-order valence-corrected chi connectivity index (χ3v) is 5.08. The summed E-state index contributed by atoms with van der Waals surface area (Å²) in [5.41, 5.74) is 3.43. The predicted octanol–water partition coefficient (Wildman–Crippen LogP) is 3.54. The average Bonchev–Trinajstić information content (AvgIpc) is 2.89. The summed E-state index contributed by atoms with van der Waals surface area (Å²) in [5, 5.41) is 3.27. The predicted molar refractivity (Wildman–Crippen MR) is 102 cm³/mol. The fourth-order valence-corrected chi connectivity index (χ4v) is 3.91. The summed E-state index contributed by atoms with van der Waals surface area (Å²) in [6.07, 6.45) is 1.07. The van der Waals surface area contributed by atoms with E-state index in [1.165, 1.54) is 17.4 Å². The molecule has 25 heavy (non-hydrogen) atoms. The largest absolute Gasteiger partial charge is 0.298 e. The SMILES string of the molecule is Cc1ccc2nc(NC(=O)c3ccc(C)c(NS(C)(=O)=O)c3)sc2c1. The van der Waals surface area contributed by atoms with Crippen LogP contribution in [0.1, 0.15) is 21.5 Å². The third-order valence-electron chi connectivity index (χ3n) is 3.56. The number of carbonyl (C=O) groups excluding carboxylic acids is 1. The molecular formula is C17H17N3O3S2. The van der Waals surface area contributed by atoms with Gasteiger partial charge in [-0.3, -0.25) is 14.8 Å². The van der Waals surface area contributed by atoms with Crippen molar-refractivity contribution in [2.24, 2.45) is 0 Å². The Morgan fingerprint density at radius 2 is 1.88 bits per heavy atom. The molecule has 1 heterocycles. The standard InChI is InChI=1S/C17H17N3O3S2/c1-10-4-7-13-15(8-10)24-17(18-13)19-16(21)12-6-5-11(2)14(9-12)20-25(3,22)23/h4-9,20H,1-3H3,(H,18,19,21). The summed E-state index contributed by atoms with van der Waals surface area (Å²) >= 11 is 1.40. The maximum absolute atomic E-state index is 12.5. The van der Waals surface area contributed by atoms with Crippen LogP contribution in [0.5, 0.6) is 0 Å². The summed E-state index contributed by atoms with van der Waals surface area (Å²) < 4.78 is 26.3. The van der Waals surface area contributed by atoms with Crippen molar-refractivity contribution in [3.8, 4) is 0 Å². The molecule has 3 aromatic rings. The zero-order valence-electron chi connectivity index (χ0n) is 14.0. The number of carbonyl (C=O) groups is 1. The lowest BCUT2D eigenvalue weighted by atomic mass is 10.1. The fraction of sp³-hybridized carbons (Fsp3) is 0.176. The fourth-order valence-electron chi connectivity index (χ4n) is 2.33. The smallest absolute Gasteiger partial charge is 0.257 e. The molecule has 1 amide bonds. The Kier molecular flexibility index (Phi) is 4.49. The molecule has 0 fully saturated rings. The molecule has 0 radical (unpaired) electrons. The second-order valence-electron chi connectivity index (χ2n) is 5.85. The molecule has 0 aliphatic rings. The van der Waals surface area contributed by atoms with Gasteiger partial charge in [-0.25, -0.2) is 13.4 Å². The zero-order valence-corrected chi connectivity index (χ0v) is 15.6. The van der Waals surface area contributed by atoms with Gasteiger partial charge in [0.15, 0.2) is 5.13 Å². The lowest BCUT2D eigenvalue weighted by Gasteiger charge is -2.09. The summed E-state index contributed by atoms with van der Waals surface area (Å²) in [7, 11) is -3.41. The molecular weight excluding hydrogens is 358 g/mol. The lowest BCUT2D eigenvalue weighted by molar-refractivity contribution is 0.102. The quantitative estimate of drug-likeness (QED) is 0.730. The van der Waals surface area contributed by atoms with Crippen LogP contribution in [0.15, 0.2) is 36.4 Å². The van der Waals surface area contributed by atoms with Gasteiger partial charge in [0.1, 0.15) is 0 Å². The van der Waals surface area contributed by atoms with E-state index in [0.717, 1.165) is 27.6 Å². The van der Waals surface area contributed by atoms with Crippen molar-refractivity contribution < 1.29 is 13.2 Å². The Balaban J connectivity index is 1.86. The van der Waals surface area contributed by atoms with Crippen LogP contribution in [0, 0.1) is 13.8 Å². The molecule has 0 unspecified atom stereocenters. The van der Waals surface area contributed by atoms with E-state index < -0.39 is 10.0 Å². The van der Waals surface area contributed by atoms with Crippen molar-refractivity contribution >= 4 is 48.3 Å². The van der Waals surface area contributed by atoms with Gasteiger partial charge in [-0.05, 0) is 49.2 Å². The Morgan fingerprint density at radius 3 is 2.60 bits per heavy atom. The number of benzene rings is 2. The maximum Gasteiger partial charge on any atom is 0.257 e. The molecule has 2 N–H and O–H groups in total. The molecule has 6 nitrogen and oxygen atoms in total. The first-order valence-electron chi connectivity index (χ1n) is 7.48. The molecule has 0 saturated heterocycles. The van der Waals surface area contributed by atoms with E-state index in [9.17, 15) is 13.2 Å². The number of rotatable bonds is 4. The molecule has 0 aliphatic carbocycles. The summed E-state index contributed by atoms with van der Waals surface area (Å²) in [6.45, 7) is 3.77. The first-order chi connectivity index (χ1) is 11.7. The Hall–Kier alpha value is -2.45. The molecule has 0 spiro atoms. The highest BCUT2D eigenvalue weighted by molar-refractivity contribution is 7.92. The zero-order chi connectivity index (χ0) is 18.2. The Bertz CT molecular complexity index is 1070. The van der Waals surface area contributed by atoms with Crippen LogP contribution in [0.2, 0.25) is 0 Å². The number of nitrogens with one attached hydrogen (secondary N) is 2. The summed E-state index contributed by atoms with van der Waals surface area (Å²) in [4.78, 5) is 16.9. The van der Waals surface area contributed by atoms with E-state index in [1.54, 1.807) is 19.1 Å². The summed E-state index contributed by atoms with van der Waals surface area (Å²) in [6, 6.07) is 10.8. The van der Waals surface area contributed by atoms with Crippen molar-refractivity contribution in [2.45, 2.75) is 13.8 Å². The van der Waals surface area contributed by atoms with Gasteiger partial charge in [-0.2, -0.15) is 0 Å². The third kappa shape index (κ3) is 4.15. The summed E-state index contributed by atoms with van der Waals surface area (Å²) in [5.74, 6) is -0.340. The van der Waals surface area contributed by atoms with Crippen LogP contribution in [0.3, 0.4) is 0 Å². The number of thiazole rings is 1.